The number of carbonyl (C=O) groups is 1. The lowest BCUT2D eigenvalue weighted by Crippen LogP contribution is -2.08. The Morgan fingerprint density at radius 2 is 2.05 bits per heavy atom. The van der Waals surface area contributed by atoms with Gasteiger partial charge in [0.05, 0.1) is 12.0 Å². The standard InChI is InChI=1S/C14H11F2NO2S/c15-14(16)20-12-6-2-1-5-11(12)17-13(18)8-7-10-4-3-9-19-10/h1-9,14H,(H,17,18)/b8-7+. The number of carbonyl (C=O) groups excluding carboxylic acids is 1. The molecule has 20 heavy (non-hydrogen) atoms. The summed E-state index contributed by atoms with van der Waals surface area (Å²) in [5, 5.41) is 2.56. The Labute approximate surface area is 118 Å². The van der Waals surface area contributed by atoms with Crippen molar-refractivity contribution in [2.24, 2.45) is 0 Å². The molecule has 1 aromatic carbocycles. The third kappa shape index (κ3) is 4.24. The van der Waals surface area contributed by atoms with Crippen LogP contribution in [0.4, 0.5) is 14.5 Å². The van der Waals surface area contributed by atoms with Crippen molar-refractivity contribution in [3.8, 4) is 0 Å². The number of nitrogens with one attached hydrogen (secondary N) is 1. The maximum atomic E-state index is 12.4. The van der Waals surface area contributed by atoms with E-state index >= 15 is 0 Å². The van der Waals surface area contributed by atoms with Crippen molar-refractivity contribution in [3.63, 3.8) is 0 Å². The minimum Gasteiger partial charge on any atom is -0.465 e. The van der Waals surface area contributed by atoms with Gasteiger partial charge in [0, 0.05) is 11.0 Å². The van der Waals surface area contributed by atoms with Gasteiger partial charge in [0.25, 0.3) is 5.76 Å². The molecule has 6 heteroatoms. The van der Waals surface area contributed by atoms with Crippen LogP contribution in [0.15, 0.2) is 58.1 Å². The molecule has 0 spiro atoms. The van der Waals surface area contributed by atoms with Crippen LogP contribution in [0, 0.1) is 0 Å². The molecule has 2 aromatic rings. The number of anilines is 1. The average molecular weight is 295 g/mol. The SMILES string of the molecule is O=C(/C=C/c1ccco1)Nc1ccccc1SC(F)F. The molecule has 2 rings (SSSR count). The molecule has 0 saturated heterocycles. The monoisotopic (exact) mass is 295 g/mol. The molecule has 0 atom stereocenters. The zero-order chi connectivity index (χ0) is 14.4. The molecular weight excluding hydrogens is 284 g/mol. The van der Waals surface area contributed by atoms with E-state index in [-0.39, 0.29) is 0 Å². The smallest absolute Gasteiger partial charge is 0.288 e. The lowest BCUT2D eigenvalue weighted by Gasteiger charge is -2.08. The van der Waals surface area contributed by atoms with Gasteiger partial charge in [-0.1, -0.05) is 23.9 Å². The summed E-state index contributed by atoms with van der Waals surface area (Å²) in [7, 11) is 0. The first-order chi connectivity index (χ1) is 9.65. The first-order valence-corrected chi connectivity index (χ1v) is 6.59. The maximum Gasteiger partial charge on any atom is 0.288 e. The third-order valence-electron chi connectivity index (χ3n) is 2.30. The molecule has 0 aliphatic carbocycles. The molecule has 0 saturated carbocycles. The Bertz CT molecular complexity index is 597. The van der Waals surface area contributed by atoms with Crippen molar-refractivity contribution in [1.82, 2.24) is 0 Å². The van der Waals surface area contributed by atoms with Crippen molar-refractivity contribution >= 4 is 29.4 Å². The van der Waals surface area contributed by atoms with Crippen LogP contribution >= 0.6 is 11.8 Å². The lowest BCUT2D eigenvalue weighted by molar-refractivity contribution is -0.111. The minimum absolute atomic E-state index is 0.322. The van der Waals surface area contributed by atoms with Gasteiger partial charge in [-0.25, -0.2) is 0 Å². The molecule has 0 aliphatic rings. The summed E-state index contributed by atoms with van der Waals surface area (Å²) in [4.78, 5) is 12.0. The van der Waals surface area contributed by atoms with Crippen molar-refractivity contribution in [3.05, 3.63) is 54.5 Å². The van der Waals surface area contributed by atoms with Gasteiger partial charge in [0.1, 0.15) is 5.76 Å². The van der Waals surface area contributed by atoms with E-state index in [1.54, 1.807) is 30.3 Å². The van der Waals surface area contributed by atoms with Gasteiger partial charge in [-0.2, -0.15) is 8.78 Å². The summed E-state index contributed by atoms with van der Waals surface area (Å²) in [6, 6.07) is 9.81. The van der Waals surface area contributed by atoms with Crippen LogP contribution in [0.1, 0.15) is 5.76 Å². The Morgan fingerprint density at radius 3 is 2.75 bits per heavy atom. The second kappa shape index (κ2) is 6.91. The van der Waals surface area contributed by atoms with E-state index in [2.05, 4.69) is 5.32 Å². The van der Waals surface area contributed by atoms with E-state index in [1.807, 2.05) is 0 Å². The first-order valence-electron chi connectivity index (χ1n) is 5.71. The number of hydrogen-bond donors (Lipinski definition) is 1. The van der Waals surface area contributed by atoms with Gasteiger partial charge in [-0.15, -0.1) is 0 Å². The Morgan fingerprint density at radius 1 is 1.25 bits per heavy atom. The van der Waals surface area contributed by atoms with Crippen LogP contribution in [0.3, 0.4) is 0 Å². The van der Waals surface area contributed by atoms with Gasteiger partial charge < -0.3 is 9.73 Å². The van der Waals surface area contributed by atoms with Gasteiger partial charge in [0.2, 0.25) is 5.91 Å². The van der Waals surface area contributed by atoms with E-state index in [4.69, 9.17) is 4.42 Å². The van der Waals surface area contributed by atoms with Gasteiger partial charge in [-0.3, -0.25) is 4.79 Å². The second-order valence-electron chi connectivity index (χ2n) is 3.71. The van der Waals surface area contributed by atoms with Crippen molar-refractivity contribution in [2.75, 3.05) is 5.32 Å². The fraction of sp³-hybridized carbons (Fsp3) is 0.0714. The van der Waals surface area contributed by atoms with Crippen LogP contribution in [-0.4, -0.2) is 11.7 Å². The lowest BCUT2D eigenvalue weighted by atomic mass is 10.3. The van der Waals surface area contributed by atoms with Gasteiger partial charge in [-0.05, 0) is 30.3 Å². The molecule has 1 N–H and O–H groups in total. The molecule has 0 fully saturated rings. The Hall–Kier alpha value is -2.08. The van der Waals surface area contributed by atoms with Gasteiger partial charge >= 0.3 is 0 Å². The number of hydrogen-bond acceptors (Lipinski definition) is 3. The summed E-state index contributed by atoms with van der Waals surface area (Å²) in [5.41, 5.74) is 0.354. The summed E-state index contributed by atoms with van der Waals surface area (Å²) in [5.74, 6) is -2.41. The van der Waals surface area contributed by atoms with Crippen LogP contribution in [-0.2, 0) is 4.79 Å². The fourth-order valence-electron chi connectivity index (χ4n) is 1.49. The number of alkyl halides is 2. The number of para-hydroxylation sites is 1. The molecule has 0 radical (unpaired) electrons. The third-order valence-corrected chi connectivity index (χ3v) is 3.09. The summed E-state index contributed by atoms with van der Waals surface area (Å²) >= 11 is 0.392. The van der Waals surface area contributed by atoms with Crippen LogP contribution in [0.25, 0.3) is 6.08 Å². The van der Waals surface area contributed by atoms with Crippen LogP contribution in [0.2, 0.25) is 0 Å². The quantitative estimate of drug-likeness (QED) is 0.662. The molecule has 104 valence electrons. The second-order valence-corrected chi connectivity index (χ2v) is 4.74. The molecule has 1 amide bonds. The normalized spacial score (nSPS) is 11.2. The topological polar surface area (TPSA) is 42.2 Å². The largest absolute Gasteiger partial charge is 0.465 e. The number of halogens is 2. The highest BCUT2D eigenvalue weighted by Crippen LogP contribution is 2.31. The fourth-order valence-corrected chi connectivity index (χ4v) is 2.08. The zero-order valence-corrected chi connectivity index (χ0v) is 11.1. The Balaban J connectivity index is 2.04. The highest BCUT2D eigenvalue weighted by atomic mass is 32.2. The van der Waals surface area contributed by atoms with Crippen molar-refractivity contribution in [2.45, 2.75) is 10.7 Å². The molecule has 0 unspecified atom stereocenters. The highest BCUT2D eigenvalue weighted by molar-refractivity contribution is 7.99. The summed E-state index contributed by atoms with van der Waals surface area (Å²) in [6.45, 7) is 0. The number of benzene rings is 1. The van der Waals surface area contributed by atoms with Gasteiger partial charge in [0.15, 0.2) is 0 Å². The molecule has 1 heterocycles. The number of thioether (sulfide) groups is 1. The number of amides is 1. The molecule has 3 nitrogen and oxygen atoms in total. The highest BCUT2D eigenvalue weighted by Gasteiger charge is 2.10. The Kier molecular flexibility index (Phi) is 4.95. The molecular formula is C14H11F2NO2S. The molecule has 0 aliphatic heterocycles. The van der Waals surface area contributed by atoms with E-state index in [9.17, 15) is 13.6 Å². The van der Waals surface area contributed by atoms with E-state index in [1.165, 1.54) is 24.5 Å². The summed E-state index contributed by atoms with van der Waals surface area (Å²) < 4.78 is 29.8. The predicted octanol–water partition coefficient (Wildman–Crippen LogP) is 4.25. The number of rotatable bonds is 5. The van der Waals surface area contributed by atoms with Crippen molar-refractivity contribution in [1.29, 1.82) is 0 Å². The van der Waals surface area contributed by atoms with E-state index in [0.717, 1.165) is 0 Å². The van der Waals surface area contributed by atoms with E-state index in [0.29, 0.717) is 28.1 Å². The van der Waals surface area contributed by atoms with Crippen LogP contribution < -0.4 is 5.32 Å². The maximum absolute atomic E-state index is 12.4. The molecule has 1 aromatic heterocycles. The van der Waals surface area contributed by atoms with Crippen LogP contribution in [0.5, 0.6) is 0 Å². The zero-order valence-electron chi connectivity index (χ0n) is 10.3. The minimum atomic E-state index is -2.54. The average Bonchev–Trinajstić information content (AvgIpc) is 2.91. The first kappa shape index (κ1) is 14.3. The number of furan rings is 1. The molecule has 0 bridgehead atoms. The predicted molar refractivity (Wildman–Crippen MR) is 74.7 cm³/mol. The van der Waals surface area contributed by atoms with Crippen molar-refractivity contribution < 1.29 is 18.0 Å². The summed E-state index contributed by atoms with van der Waals surface area (Å²) in [6.07, 6.45) is 4.27. The van der Waals surface area contributed by atoms with E-state index < -0.39 is 11.7 Å².